The third-order valence-electron chi connectivity index (χ3n) is 4.01. The number of nitro benzene ring substituents is 1. The summed E-state index contributed by atoms with van der Waals surface area (Å²) in [4.78, 5) is 34.1. The van der Waals surface area contributed by atoms with Crippen LogP contribution in [0.3, 0.4) is 0 Å². The number of carbonyl (C=O) groups is 2. The van der Waals surface area contributed by atoms with Gasteiger partial charge in [0.05, 0.1) is 11.1 Å². The molecule has 31 heavy (non-hydrogen) atoms. The van der Waals surface area contributed by atoms with E-state index in [4.69, 9.17) is 4.74 Å². The van der Waals surface area contributed by atoms with Gasteiger partial charge in [-0.2, -0.15) is 5.10 Å². The molecule has 8 heteroatoms. The summed E-state index contributed by atoms with van der Waals surface area (Å²) in [6.45, 7) is 0. The summed E-state index contributed by atoms with van der Waals surface area (Å²) in [5, 5.41) is 14.6. The van der Waals surface area contributed by atoms with Gasteiger partial charge < -0.3 is 4.74 Å². The molecule has 0 aromatic heterocycles. The fourth-order valence-electron chi connectivity index (χ4n) is 2.49. The van der Waals surface area contributed by atoms with E-state index < -0.39 is 16.8 Å². The summed E-state index contributed by atoms with van der Waals surface area (Å²) in [5.74, 6) is -0.717. The maximum Gasteiger partial charge on any atom is 0.336 e. The molecule has 0 atom stereocenters. The zero-order chi connectivity index (χ0) is 22.1. The molecule has 0 saturated heterocycles. The van der Waals surface area contributed by atoms with Crippen molar-refractivity contribution in [2.75, 3.05) is 0 Å². The second-order valence-corrected chi connectivity index (χ2v) is 6.24. The van der Waals surface area contributed by atoms with Crippen LogP contribution in [0, 0.1) is 10.1 Å². The molecule has 3 aromatic carbocycles. The standard InChI is InChI=1S/C23H17N3O5/c27-22(14-11-17-5-2-1-3-6-17)31-21-12-9-18(10-13-21)16-24-25-23(28)19-7-4-8-20(15-19)26(29)30/h1-16H,(H,25,28)/b14-11+,24-16-. The smallest absolute Gasteiger partial charge is 0.336 e. The number of nitro groups is 1. The number of carbonyl (C=O) groups excluding carboxylic acids is 2. The van der Waals surface area contributed by atoms with E-state index >= 15 is 0 Å². The maximum absolute atomic E-state index is 12.0. The first kappa shape index (κ1) is 21.1. The highest BCUT2D eigenvalue weighted by Gasteiger charge is 2.10. The molecule has 0 aliphatic heterocycles. The molecule has 8 nitrogen and oxygen atoms in total. The van der Waals surface area contributed by atoms with Crippen LogP contribution in [0.2, 0.25) is 0 Å². The summed E-state index contributed by atoms with van der Waals surface area (Å²) in [5.41, 5.74) is 3.79. The second kappa shape index (κ2) is 10.3. The van der Waals surface area contributed by atoms with Gasteiger partial charge in [0.15, 0.2) is 0 Å². The quantitative estimate of drug-likeness (QED) is 0.157. The molecule has 0 radical (unpaired) electrons. The van der Waals surface area contributed by atoms with Crippen LogP contribution in [-0.2, 0) is 4.79 Å². The Kier molecular flexibility index (Phi) is 6.99. The van der Waals surface area contributed by atoms with Gasteiger partial charge in [-0.1, -0.05) is 36.4 Å². The first-order valence-electron chi connectivity index (χ1n) is 9.14. The number of hydrogen-bond acceptors (Lipinski definition) is 6. The lowest BCUT2D eigenvalue weighted by Crippen LogP contribution is -2.17. The van der Waals surface area contributed by atoms with Gasteiger partial charge in [-0.15, -0.1) is 0 Å². The minimum Gasteiger partial charge on any atom is -0.423 e. The molecule has 1 N–H and O–H groups in total. The molecule has 0 spiro atoms. The second-order valence-electron chi connectivity index (χ2n) is 6.24. The van der Waals surface area contributed by atoms with Gasteiger partial charge in [-0.3, -0.25) is 14.9 Å². The predicted molar refractivity (Wildman–Crippen MR) is 116 cm³/mol. The molecule has 0 heterocycles. The van der Waals surface area contributed by atoms with Crippen LogP contribution in [0.5, 0.6) is 5.75 Å². The number of amides is 1. The molecule has 1 amide bonds. The molecule has 0 fully saturated rings. The number of nitrogens with zero attached hydrogens (tertiary/aromatic N) is 2. The summed E-state index contributed by atoms with van der Waals surface area (Å²) in [7, 11) is 0. The monoisotopic (exact) mass is 415 g/mol. The lowest BCUT2D eigenvalue weighted by Gasteiger charge is -2.02. The Bertz CT molecular complexity index is 1140. The van der Waals surface area contributed by atoms with Crippen molar-refractivity contribution in [3.8, 4) is 5.75 Å². The number of esters is 1. The fourth-order valence-corrected chi connectivity index (χ4v) is 2.49. The lowest BCUT2D eigenvalue weighted by atomic mass is 10.2. The average molecular weight is 415 g/mol. The molecule has 0 bridgehead atoms. The Labute approximate surface area is 177 Å². The summed E-state index contributed by atoms with van der Waals surface area (Å²) in [6, 6.07) is 21.2. The number of ether oxygens (including phenoxy) is 1. The minimum absolute atomic E-state index is 0.122. The van der Waals surface area contributed by atoms with E-state index in [2.05, 4.69) is 10.5 Å². The van der Waals surface area contributed by atoms with Crippen molar-refractivity contribution in [1.82, 2.24) is 5.43 Å². The molecule has 154 valence electrons. The maximum atomic E-state index is 12.0. The van der Waals surface area contributed by atoms with E-state index in [1.165, 1.54) is 36.6 Å². The van der Waals surface area contributed by atoms with E-state index in [9.17, 15) is 19.7 Å². The Balaban J connectivity index is 1.53. The largest absolute Gasteiger partial charge is 0.423 e. The van der Waals surface area contributed by atoms with Crippen LogP contribution in [0.1, 0.15) is 21.5 Å². The number of non-ortho nitro benzene ring substituents is 1. The van der Waals surface area contributed by atoms with E-state index in [-0.39, 0.29) is 11.3 Å². The van der Waals surface area contributed by atoms with Gasteiger partial charge in [0.1, 0.15) is 5.75 Å². The Morgan fingerprint density at radius 3 is 2.39 bits per heavy atom. The van der Waals surface area contributed by atoms with Crippen molar-refractivity contribution in [1.29, 1.82) is 0 Å². The molecular weight excluding hydrogens is 398 g/mol. The van der Waals surface area contributed by atoms with Gasteiger partial charge in [0, 0.05) is 23.8 Å². The highest BCUT2D eigenvalue weighted by Crippen LogP contribution is 2.14. The highest BCUT2D eigenvalue weighted by atomic mass is 16.6. The van der Waals surface area contributed by atoms with E-state index in [0.29, 0.717) is 11.3 Å². The molecule has 3 aromatic rings. The van der Waals surface area contributed by atoms with Crippen molar-refractivity contribution in [2.24, 2.45) is 5.10 Å². The van der Waals surface area contributed by atoms with Crippen LogP contribution >= 0.6 is 0 Å². The zero-order valence-electron chi connectivity index (χ0n) is 16.2. The van der Waals surface area contributed by atoms with Crippen LogP contribution < -0.4 is 10.2 Å². The van der Waals surface area contributed by atoms with E-state index in [1.807, 2.05) is 30.3 Å². The average Bonchev–Trinajstić information content (AvgIpc) is 2.79. The molecule has 0 aliphatic carbocycles. The third kappa shape index (κ3) is 6.47. The SMILES string of the molecule is O=C(/C=C/c1ccccc1)Oc1ccc(/C=N\NC(=O)c2cccc([N+](=O)[O-])c2)cc1. The minimum atomic E-state index is -0.577. The molecule has 0 unspecified atom stereocenters. The van der Waals surface area contributed by atoms with Crippen LogP contribution in [0.15, 0.2) is 90.0 Å². The van der Waals surface area contributed by atoms with E-state index in [0.717, 1.165) is 5.56 Å². The third-order valence-corrected chi connectivity index (χ3v) is 4.01. The summed E-state index contributed by atoms with van der Waals surface area (Å²) >= 11 is 0. The van der Waals surface area contributed by atoms with Gasteiger partial charge >= 0.3 is 5.97 Å². The van der Waals surface area contributed by atoms with Gasteiger partial charge in [0.25, 0.3) is 11.6 Å². The van der Waals surface area contributed by atoms with Crippen LogP contribution in [-0.4, -0.2) is 23.0 Å². The topological polar surface area (TPSA) is 111 Å². The molecule has 0 aliphatic rings. The number of rotatable bonds is 7. The molecule has 0 saturated carbocycles. The van der Waals surface area contributed by atoms with Crippen molar-refractivity contribution in [3.05, 3.63) is 112 Å². The lowest BCUT2D eigenvalue weighted by molar-refractivity contribution is -0.384. The first-order valence-corrected chi connectivity index (χ1v) is 9.14. The molecular formula is C23H17N3O5. The summed E-state index contributed by atoms with van der Waals surface area (Å²) in [6.07, 6.45) is 4.40. The van der Waals surface area contributed by atoms with Crippen molar-refractivity contribution < 1.29 is 19.2 Å². The first-order chi connectivity index (χ1) is 15.0. The van der Waals surface area contributed by atoms with Crippen molar-refractivity contribution in [3.63, 3.8) is 0 Å². The zero-order valence-corrected chi connectivity index (χ0v) is 16.2. The van der Waals surface area contributed by atoms with Gasteiger partial charge in [0.2, 0.25) is 0 Å². The van der Waals surface area contributed by atoms with E-state index in [1.54, 1.807) is 30.3 Å². The summed E-state index contributed by atoms with van der Waals surface area (Å²) < 4.78 is 5.23. The van der Waals surface area contributed by atoms with Crippen LogP contribution in [0.25, 0.3) is 6.08 Å². The number of benzene rings is 3. The van der Waals surface area contributed by atoms with Crippen LogP contribution in [0.4, 0.5) is 5.69 Å². The van der Waals surface area contributed by atoms with Gasteiger partial charge in [-0.25, -0.2) is 10.2 Å². The Morgan fingerprint density at radius 1 is 0.935 bits per heavy atom. The fraction of sp³-hybridized carbons (Fsp3) is 0. The normalized spacial score (nSPS) is 10.8. The van der Waals surface area contributed by atoms with Crippen molar-refractivity contribution >= 4 is 29.9 Å². The molecule has 3 rings (SSSR count). The Hall–Kier alpha value is -4.59. The Morgan fingerprint density at radius 2 is 1.68 bits per heavy atom. The predicted octanol–water partition coefficient (Wildman–Crippen LogP) is 3.98. The number of hydrazone groups is 1. The van der Waals surface area contributed by atoms with Gasteiger partial charge in [-0.05, 0) is 47.5 Å². The highest BCUT2D eigenvalue weighted by molar-refractivity contribution is 5.95. The van der Waals surface area contributed by atoms with Crippen molar-refractivity contribution in [2.45, 2.75) is 0 Å². The number of hydrogen-bond donors (Lipinski definition) is 1. The number of nitrogens with one attached hydrogen (secondary N) is 1.